The molecule has 2 rings (SSSR count). The number of ether oxygens (including phenoxy) is 1. The van der Waals surface area contributed by atoms with Crippen LogP contribution in [0.3, 0.4) is 0 Å². The third-order valence-corrected chi connectivity index (χ3v) is 5.89. The highest BCUT2D eigenvalue weighted by atomic mass is 32.2. The third-order valence-electron chi connectivity index (χ3n) is 4.01. The first-order chi connectivity index (χ1) is 8.40. The Morgan fingerprint density at radius 1 is 1.33 bits per heavy atom. The summed E-state index contributed by atoms with van der Waals surface area (Å²) in [4.78, 5) is 2.32. The predicted molar refractivity (Wildman–Crippen MR) is 70.9 cm³/mol. The van der Waals surface area contributed by atoms with Crippen molar-refractivity contribution in [1.82, 2.24) is 9.62 Å². The molecule has 2 heterocycles. The fourth-order valence-electron chi connectivity index (χ4n) is 2.64. The number of nitrogens with one attached hydrogen (secondary N) is 1. The number of likely N-dealkylation sites (tertiary alicyclic amines) is 1. The van der Waals surface area contributed by atoms with E-state index in [1.54, 1.807) is 0 Å². The molecule has 0 amide bonds. The SMILES string of the molecule is CC(C)N1C[C@@H](C)[C@@H](NS(=O)(=O)[C@H]2CCOC2)C1. The maximum atomic E-state index is 12.2. The standard InChI is InChI=1S/C12H24N2O3S/c1-9(2)14-6-10(3)12(7-14)13-18(15,16)11-4-5-17-8-11/h9-13H,4-8H2,1-3H3/t10-,11+,12+/m1/s1. The van der Waals surface area contributed by atoms with Gasteiger partial charge in [-0.25, -0.2) is 13.1 Å². The predicted octanol–water partition coefficient (Wildman–Crippen LogP) is 0.423. The lowest BCUT2D eigenvalue weighted by Crippen LogP contribution is -2.45. The van der Waals surface area contributed by atoms with Gasteiger partial charge in [0, 0.05) is 31.8 Å². The monoisotopic (exact) mass is 276 g/mol. The van der Waals surface area contributed by atoms with Crippen LogP contribution in [0.5, 0.6) is 0 Å². The molecular weight excluding hydrogens is 252 g/mol. The van der Waals surface area contributed by atoms with Crippen LogP contribution >= 0.6 is 0 Å². The summed E-state index contributed by atoms with van der Waals surface area (Å²) in [7, 11) is -3.23. The van der Waals surface area contributed by atoms with Crippen molar-refractivity contribution in [3.8, 4) is 0 Å². The quantitative estimate of drug-likeness (QED) is 0.808. The maximum absolute atomic E-state index is 12.2. The van der Waals surface area contributed by atoms with Crippen LogP contribution in [0.25, 0.3) is 0 Å². The number of sulfonamides is 1. The number of hydrogen-bond acceptors (Lipinski definition) is 4. The Morgan fingerprint density at radius 3 is 2.56 bits per heavy atom. The van der Waals surface area contributed by atoms with E-state index in [1.165, 1.54) is 0 Å². The van der Waals surface area contributed by atoms with E-state index in [0.29, 0.717) is 31.6 Å². The highest BCUT2D eigenvalue weighted by molar-refractivity contribution is 7.90. The molecule has 0 aromatic rings. The highest BCUT2D eigenvalue weighted by Gasteiger charge is 2.37. The molecule has 2 saturated heterocycles. The fourth-order valence-corrected chi connectivity index (χ4v) is 4.25. The van der Waals surface area contributed by atoms with Gasteiger partial charge in [-0.15, -0.1) is 0 Å². The largest absolute Gasteiger partial charge is 0.380 e. The smallest absolute Gasteiger partial charge is 0.217 e. The van der Waals surface area contributed by atoms with Crippen molar-refractivity contribution in [1.29, 1.82) is 0 Å². The molecule has 0 aromatic heterocycles. The second kappa shape index (κ2) is 5.45. The van der Waals surface area contributed by atoms with Gasteiger partial charge in [0.15, 0.2) is 0 Å². The van der Waals surface area contributed by atoms with E-state index in [-0.39, 0.29) is 11.3 Å². The third kappa shape index (κ3) is 3.04. The summed E-state index contributed by atoms with van der Waals surface area (Å²) in [5.74, 6) is 0.365. The summed E-state index contributed by atoms with van der Waals surface area (Å²) in [6.45, 7) is 9.08. The molecule has 5 nitrogen and oxygen atoms in total. The van der Waals surface area contributed by atoms with Crippen LogP contribution in [-0.2, 0) is 14.8 Å². The zero-order valence-corrected chi connectivity index (χ0v) is 12.2. The van der Waals surface area contributed by atoms with Crippen LogP contribution in [-0.4, -0.2) is 57.0 Å². The van der Waals surface area contributed by atoms with Gasteiger partial charge < -0.3 is 4.74 Å². The highest BCUT2D eigenvalue weighted by Crippen LogP contribution is 2.21. The molecule has 0 spiro atoms. The van der Waals surface area contributed by atoms with E-state index in [2.05, 4.69) is 30.4 Å². The second-order valence-electron chi connectivity index (χ2n) is 5.78. The zero-order chi connectivity index (χ0) is 13.3. The van der Waals surface area contributed by atoms with Crippen LogP contribution < -0.4 is 4.72 Å². The fraction of sp³-hybridized carbons (Fsp3) is 1.00. The first kappa shape index (κ1) is 14.2. The molecule has 0 bridgehead atoms. The van der Waals surface area contributed by atoms with E-state index in [9.17, 15) is 8.42 Å². The normalized spacial score (nSPS) is 34.6. The first-order valence-electron chi connectivity index (χ1n) is 6.73. The summed E-state index contributed by atoms with van der Waals surface area (Å²) in [5.41, 5.74) is 0. The van der Waals surface area contributed by atoms with Gasteiger partial charge in [0.25, 0.3) is 0 Å². The van der Waals surface area contributed by atoms with Crippen LogP contribution in [0.4, 0.5) is 0 Å². The Balaban J connectivity index is 1.97. The van der Waals surface area contributed by atoms with Gasteiger partial charge in [-0.2, -0.15) is 0 Å². The summed E-state index contributed by atoms with van der Waals surface area (Å²) >= 11 is 0. The van der Waals surface area contributed by atoms with Crippen LogP contribution in [0.15, 0.2) is 0 Å². The Morgan fingerprint density at radius 2 is 2.06 bits per heavy atom. The van der Waals surface area contributed by atoms with Crippen molar-refractivity contribution in [3.05, 3.63) is 0 Å². The minimum absolute atomic E-state index is 0.0398. The lowest BCUT2D eigenvalue weighted by molar-refractivity contribution is 0.198. The topological polar surface area (TPSA) is 58.6 Å². The molecule has 0 unspecified atom stereocenters. The lowest BCUT2D eigenvalue weighted by Gasteiger charge is -2.21. The molecule has 6 heteroatoms. The molecule has 1 N–H and O–H groups in total. The minimum Gasteiger partial charge on any atom is -0.380 e. The summed E-state index contributed by atoms with van der Waals surface area (Å²) in [6.07, 6.45) is 0.615. The van der Waals surface area contributed by atoms with Gasteiger partial charge in [0.2, 0.25) is 10.0 Å². The number of hydrogen-bond donors (Lipinski definition) is 1. The molecule has 106 valence electrons. The Hall–Kier alpha value is -0.170. The Kier molecular flexibility index (Phi) is 4.31. The van der Waals surface area contributed by atoms with Gasteiger partial charge in [0.1, 0.15) is 5.25 Å². The minimum atomic E-state index is -3.23. The lowest BCUT2D eigenvalue weighted by atomic mass is 10.1. The average molecular weight is 276 g/mol. The van der Waals surface area contributed by atoms with Crippen molar-refractivity contribution < 1.29 is 13.2 Å². The maximum Gasteiger partial charge on any atom is 0.217 e. The summed E-state index contributed by atoms with van der Waals surface area (Å²) < 4.78 is 32.4. The van der Waals surface area contributed by atoms with Crippen molar-refractivity contribution in [3.63, 3.8) is 0 Å². The van der Waals surface area contributed by atoms with E-state index in [1.807, 2.05) is 0 Å². The van der Waals surface area contributed by atoms with Crippen LogP contribution in [0.1, 0.15) is 27.2 Å². The van der Waals surface area contributed by atoms with Crippen molar-refractivity contribution >= 4 is 10.0 Å². The number of nitrogens with zero attached hydrogens (tertiary/aromatic N) is 1. The molecule has 2 fully saturated rings. The van der Waals surface area contributed by atoms with Crippen molar-refractivity contribution in [2.75, 3.05) is 26.3 Å². The van der Waals surface area contributed by atoms with E-state index in [0.717, 1.165) is 13.1 Å². The first-order valence-corrected chi connectivity index (χ1v) is 8.27. The molecule has 2 aliphatic rings. The Labute approximate surface area is 110 Å². The molecule has 18 heavy (non-hydrogen) atoms. The zero-order valence-electron chi connectivity index (χ0n) is 11.4. The van der Waals surface area contributed by atoms with Gasteiger partial charge in [0.05, 0.1) is 6.61 Å². The van der Waals surface area contributed by atoms with Gasteiger partial charge in [-0.1, -0.05) is 6.92 Å². The average Bonchev–Trinajstić information content (AvgIpc) is 2.88. The number of rotatable bonds is 4. The molecule has 0 aromatic carbocycles. The second-order valence-corrected chi connectivity index (χ2v) is 7.77. The summed E-state index contributed by atoms with van der Waals surface area (Å²) in [6, 6.07) is 0.509. The van der Waals surface area contributed by atoms with Gasteiger partial charge in [-0.05, 0) is 26.2 Å². The van der Waals surface area contributed by atoms with Gasteiger partial charge >= 0.3 is 0 Å². The van der Waals surface area contributed by atoms with Crippen molar-refractivity contribution in [2.45, 2.75) is 44.5 Å². The molecule has 3 atom stereocenters. The van der Waals surface area contributed by atoms with E-state index in [4.69, 9.17) is 4.74 Å². The van der Waals surface area contributed by atoms with Crippen LogP contribution in [0, 0.1) is 5.92 Å². The van der Waals surface area contributed by atoms with Crippen molar-refractivity contribution in [2.24, 2.45) is 5.92 Å². The molecule has 0 aliphatic carbocycles. The van der Waals surface area contributed by atoms with E-state index < -0.39 is 10.0 Å². The Bertz CT molecular complexity index is 377. The molecule has 0 saturated carbocycles. The molecule has 0 radical (unpaired) electrons. The molecule has 2 aliphatic heterocycles. The van der Waals surface area contributed by atoms with E-state index >= 15 is 0 Å². The molecular formula is C12H24N2O3S. The summed E-state index contributed by atoms with van der Waals surface area (Å²) in [5, 5.41) is -0.363. The van der Waals surface area contributed by atoms with Gasteiger partial charge in [-0.3, -0.25) is 4.90 Å². The van der Waals surface area contributed by atoms with Crippen LogP contribution in [0.2, 0.25) is 0 Å².